The molecule has 1 aromatic rings. The lowest BCUT2D eigenvalue weighted by Crippen LogP contribution is -2.06. The zero-order valence-electron chi connectivity index (χ0n) is 7.69. The van der Waals surface area contributed by atoms with Crippen molar-refractivity contribution >= 4 is 11.7 Å². The molecular formula is C8H12N2O2S. The third kappa shape index (κ3) is 2.16. The molecule has 0 unspecified atom stereocenters. The van der Waals surface area contributed by atoms with Crippen LogP contribution in [0.25, 0.3) is 0 Å². The molecular weight excluding hydrogens is 188 g/mol. The van der Waals surface area contributed by atoms with E-state index in [4.69, 9.17) is 9.47 Å². The van der Waals surface area contributed by atoms with Crippen LogP contribution < -0.4 is 4.74 Å². The fourth-order valence-electron chi connectivity index (χ4n) is 0.976. The maximum absolute atomic E-state index is 5.47. The van der Waals surface area contributed by atoms with Gasteiger partial charge in [0.25, 0.3) is 0 Å². The Hall–Kier alpha value is -0.680. The van der Waals surface area contributed by atoms with Crippen molar-refractivity contribution in [3.63, 3.8) is 0 Å². The normalized spacial score (nSPS) is 20.7. The topological polar surface area (TPSA) is 47.5 Å². The number of aromatic nitrogens is 2. The second-order valence-corrected chi connectivity index (χ2v) is 3.90. The van der Waals surface area contributed by atoms with Gasteiger partial charge in [0.2, 0.25) is 5.88 Å². The Morgan fingerprint density at radius 3 is 3.00 bits per heavy atom. The summed E-state index contributed by atoms with van der Waals surface area (Å²) in [7, 11) is 0. The number of epoxide rings is 1. The Morgan fingerprint density at radius 2 is 2.38 bits per heavy atom. The van der Waals surface area contributed by atoms with Crippen molar-refractivity contribution in [3.8, 4) is 5.88 Å². The minimum atomic E-state index is 0.279. The third-order valence-corrected chi connectivity index (χ3v) is 2.36. The maximum atomic E-state index is 5.47. The molecule has 0 amide bonds. The summed E-state index contributed by atoms with van der Waals surface area (Å²) in [4.78, 5) is 0. The Kier molecular flexibility index (Phi) is 2.46. The van der Waals surface area contributed by atoms with E-state index in [-0.39, 0.29) is 6.10 Å². The van der Waals surface area contributed by atoms with E-state index in [1.54, 1.807) is 0 Å². The van der Waals surface area contributed by atoms with Gasteiger partial charge >= 0.3 is 0 Å². The van der Waals surface area contributed by atoms with Gasteiger partial charge in [-0.05, 0) is 0 Å². The lowest BCUT2D eigenvalue weighted by Gasteiger charge is -2.04. The van der Waals surface area contributed by atoms with Gasteiger partial charge < -0.3 is 9.47 Å². The Bertz CT molecular complexity index is 283. The molecule has 2 heterocycles. The van der Waals surface area contributed by atoms with Gasteiger partial charge in [0.15, 0.2) is 0 Å². The molecule has 0 radical (unpaired) electrons. The lowest BCUT2D eigenvalue weighted by molar-refractivity contribution is 0.254. The van der Waals surface area contributed by atoms with Gasteiger partial charge in [0.1, 0.15) is 18.4 Å². The Balaban J connectivity index is 1.96. The van der Waals surface area contributed by atoms with Crippen molar-refractivity contribution in [2.75, 3.05) is 13.2 Å². The van der Waals surface area contributed by atoms with Crippen molar-refractivity contribution in [1.82, 2.24) is 8.75 Å². The molecule has 0 aliphatic carbocycles. The third-order valence-electron chi connectivity index (χ3n) is 1.84. The fourth-order valence-corrected chi connectivity index (χ4v) is 1.61. The minimum Gasteiger partial charge on any atom is -0.473 e. The largest absolute Gasteiger partial charge is 0.473 e. The number of hydrogen-bond donors (Lipinski definition) is 0. The van der Waals surface area contributed by atoms with E-state index in [1.165, 1.54) is 11.7 Å². The van der Waals surface area contributed by atoms with Crippen LogP contribution >= 0.6 is 11.7 Å². The first kappa shape index (κ1) is 8.90. The highest BCUT2D eigenvalue weighted by Crippen LogP contribution is 2.24. The first-order valence-corrected chi connectivity index (χ1v) is 5.07. The van der Waals surface area contributed by atoms with Gasteiger partial charge in [-0.15, -0.1) is 4.37 Å². The first-order valence-electron chi connectivity index (χ1n) is 4.34. The number of nitrogens with zero attached hydrogens (tertiary/aromatic N) is 2. The van der Waals surface area contributed by atoms with Crippen molar-refractivity contribution < 1.29 is 9.47 Å². The highest BCUT2D eigenvalue weighted by molar-refractivity contribution is 6.99. The van der Waals surface area contributed by atoms with E-state index in [0.29, 0.717) is 18.4 Å². The molecule has 0 saturated carbocycles. The van der Waals surface area contributed by atoms with Crippen LogP contribution in [0.1, 0.15) is 25.5 Å². The standard InChI is InChI=1S/C8H12N2O2S/c1-5(2)7-8(10-13-9-7)12-4-6-3-11-6/h5-6H,3-4H2,1-2H3/t6-/m0/s1. The molecule has 5 heteroatoms. The lowest BCUT2D eigenvalue weighted by atomic mass is 10.1. The highest BCUT2D eigenvalue weighted by atomic mass is 32.1. The summed E-state index contributed by atoms with van der Waals surface area (Å²) in [6.07, 6.45) is 0.279. The van der Waals surface area contributed by atoms with E-state index >= 15 is 0 Å². The van der Waals surface area contributed by atoms with Gasteiger partial charge in [-0.1, -0.05) is 13.8 Å². The molecule has 1 aliphatic heterocycles. The first-order chi connectivity index (χ1) is 6.27. The molecule has 4 nitrogen and oxygen atoms in total. The van der Waals surface area contributed by atoms with Crippen molar-refractivity contribution in [2.45, 2.75) is 25.9 Å². The van der Waals surface area contributed by atoms with E-state index in [2.05, 4.69) is 22.6 Å². The predicted octanol–water partition coefficient (Wildman–Crippen LogP) is 1.44. The molecule has 72 valence electrons. The monoisotopic (exact) mass is 200 g/mol. The molecule has 2 rings (SSSR count). The zero-order valence-corrected chi connectivity index (χ0v) is 8.50. The second-order valence-electron chi connectivity index (χ2n) is 3.38. The minimum absolute atomic E-state index is 0.279. The van der Waals surface area contributed by atoms with Crippen LogP contribution in [0.5, 0.6) is 5.88 Å². The molecule has 0 N–H and O–H groups in total. The summed E-state index contributed by atoms with van der Waals surface area (Å²) in [6, 6.07) is 0. The molecule has 1 fully saturated rings. The summed E-state index contributed by atoms with van der Waals surface area (Å²) in [5, 5.41) is 0. The van der Waals surface area contributed by atoms with Crippen LogP contribution in [-0.2, 0) is 4.74 Å². The smallest absolute Gasteiger partial charge is 0.249 e. The fraction of sp³-hybridized carbons (Fsp3) is 0.750. The predicted molar refractivity (Wildman–Crippen MR) is 49.2 cm³/mol. The summed E-state index contributed by atoms with van der Waals surface area (Å²) in [6.45, 7) is 5.58. The van der Waals surface area contributed by atoms with Gasteiger partial charge in [-0.3, -0.25) is 0 Å². The molecule has 0 spiro atoms. The molecule has 13 heavy (non-hydrogen) atoms. The SMILES string of the molecule is CC(C)c1nsnc1OC[C@@H]1CO1. The average molecular weight is 200 g/mol. The van der Waals surface area contributed by atoms with Gasteiger partial charge in [0.05, 0.1) is 18.3 Å². The molecule has 1 saturated heterocycles. The highest BCUT2D eigenvalue weighted by Gasteiger charge is 2.24. The summed E-state index contributed by atoms with van der Waals surface area (Å²) >= 11 is 1.20. The molecule has 1 atom stereocenters. The Morgan fingerprint density at radius 1 is 1.62 bits per heavy atom. The van der Waals surface area contributed by atoms with Crippen LogP contribution in [0.4, 0.5) is 0 Å². The van der Waals surface area contributed by atoms with Crippen molar-refractivity contribution in [1.29, 1.82) is 0 Å². The Labute approximate surface area is 81.2 Å². The summed E-state index contributed by atoms with van der Waals surface area (Å²) in [5.74, 6) is 1.05. The quantitative estimate of drug-likeness (QED) is 0.690. The van der Waals surface area contributed by atoms with Gasteiger partial charge in [-0.2, -0.15) is 4.37 Å². The van der Waals surface area contributed by atoms with Gasteiger partial charge in [-0.25, -0.2) is 0 Å². The number of hydrogen-bond acceptors (Lipinski definition) is 5. The van der Waals surface area contributed by atoms with E-state index in [0.717, 1.165) is 12.3 Å². The average Bonchev–Trinajstić information content (AvgIpc) is 2.79. The van der Waals surface area contributed by atoms with Crippen LogP contribution in [0, 0.1) is 0 Å². The zero-order chi connectivity index (χ0) is 9.26. The van der Waals surface area contributed by atoms with E-state index < -0.39 is 0 Å². The van der Waals surface area contributed by atoms with Crippen LogP contribution in [0.2, 0.25) is 0 Å². The van der Waals surface area contributed by atoms with Crippen LogP contribution in [0.3, 0.4) is 0 Å². The van der Waals surface area contributed by atoms with E-state index in [9.17, 15) is 0 Å². The molecule has 1 aliphatic rings. The van der Waals surface area contributed by atoms with Crippen molar-refractivity contribution in [2.24, 2.45) is 0 Å². The summed E-state index contributed by atoms with van der Waals surface area (Å²) < 4.78 is 18.8. The molecule has 1 aromatic heterocycles. The van der Waals surface area contributed by atoms with E-state index in [1.807, 2.05) is 0 Å². The van der Waals surface area contributed by atoms with Gasteiger partial charge in [0, 0.05) is 5.92 Å². The van der Waals surface area contributed by atoms with Crippen LogP contribution in [-0.4, -0.2) is 28.1 Å². The maximum Gasteiger partial charge on any atom is 0.249 e. The van der Waals surface area contributed by atoms with Crippen LogP contribution in [0.15, 0.2) is 0 Å². The van der Waals surface area contributed by atoms with Crippen molar-refractivity contribution in [3.05, 3.63) is 5.69 Å². The molecule has 0 bridgehead atoms. The molecule has 0 aromatic carbocycles. The number of ether oxygens (including phenoxy) is 2. The number of rotatable bonds is 4. The summed E-state index contributed by atoms with van der Waals surface area (Å²) in [5.41, 5.74) is 0.950. The second kappa shape index (κ2) is 3.59.